The van der Waals surface area contributed by atoms with E-state index in [1.165, 1.54) is 12.8 Å². The number of carbonyl (C=O) groups excluding carboxylic acids is 1. The second-order valence-electron chi connectivity index (χ2n) is 5.26. The quantitative estimate of drug-likeness (QED) is 0.871. The Morgan fingerprint density at radius 2 is 2.21 bits per heavy atom. The van der Waals surface area contributed by atoms with Crippen LogP contribution in [0.2, 0.25) is 5.02 Å². The number of nitrogens with one attached hydrogen (secondary N) is 1. The van der Waals surface area contributed by atoms with Gasteiger partial charge in [0.1, 0.15) is 0 Å². The van der Waals surface area contributed by atoms with E-state index in [9.17, 15) is 4.79 Å². The van der Waals surface area contributed by atoms with Gasteiger partial charge in [-0.05, 0) is 38.0 Å². The highest BCUT2D eigenvalue weighted by Crippen LogP contribution is 2.28. The smallest absolute Gasteiger partial charge is 0.179 e. The van der Waals surface area contributed by atoms with Crippen molar-refractivity contribution in [2.24, 2.45) is 7.05 Å². The van der Waals surface area contributed by atoms with Gasteiger partial charge in [-0.1, -0.05) is 11.6 Å². The molecule has 1 N–H and O–H groups in total. The van der Waals surface area contributed by atoms with Crippen LogP contribution in [0, 0.1) is 6.92 Å². The monoisotopic (exact) mass is 276 g/mol. The minimum Gasteiger partial charge on any atom is -0.347 e. The Morgan fingerprint density at radius 3 is 2.89 bits per heavy atom. The molecule has 1 aromatic carbocycles. The summed E-state index contributed by atoms with van der Waals surface area (Å²) in [5.41, 5.74) is 2.85. The van der Waals surface area contributed by atoms with Gasteiger partial charge in [0, 0.05) is 40.3 Å². The van der Waals surface area contributed by atoms with Crippen LogP contribution in [0.15, 0.2) is 18.2 Å². The highest BCUT2D eigenvalue weighted by atomic mass is 35.5. The molecule has 1 aliphatic rings. The third-order valence-corrected chi connectivity index (χ3v) is 4.10. The highest BCUT2D eigenvalue weighted by molar-refractivity contribution is 6.31. The molecule has 1 fully saturated rings. The van der Waals surface area contributed by atoms with E-state index in [1.54, 1.807) is 0 Å². The van der Waals surface area contributed by atoms with Gasteiger partial charge in [-0.25, -0.2) is 0 Å². The van der Waals surface area contributed by atoms with Gasteiger partial charge in [-0.3, -0.25) is 4.79 Å². The molecule has 0 bridgehead atoms. The largest absolute Gasteiger partial charge is 0.347 e. The van der Waals surface area contributed by atoms with E-state index >= 15 is 0 Å². The van der Waals surface area contributed by atoms with Gasteiger partial charge in [0.25, 0.3) is 0 Å². The number of ketones is 1. The van der Waals surface area contributed by atoms with Crippen LogP contribution in [0.25, 0.3) is 10.9 Å². The maximum Gasteiger partial charge on any atom is 0.179 e. The van der Waals surface area contributed by atoms with E-state index in [4.69, 9.17) is 11.6 Å². The van der Waals surface area contributed by atoms with Gasteiger partial charge in [0.15, 0.2) is 5.78 Å². The number of aromatic nitrogens is 1. The average molecular weight is 277 g/mol. The zero-order valence-corrected chi connectivity index (χ0v) is 11.9. The molecule has 0 atom stereocenters. The first-order chi connectivity index (χ1) is 9.08. The first kappa shape index (κ1) is 12.7. The van der Waals surface area contributed by atoms with Gasteiger partial charge < -0.3 is 9.88 Å². The molecule has 1 aliphatic carbocycles. The van der Waals surface area contributed by atoms with E-state index in [-0.39, 0.29) is 5.78 Å². The number of hydrogen-bond donors (Lipinski definition) is 1. The Kier molecular flexibility index (Phi) is 3.11. The standard InChI is InChI=1S/C15H17ClN2O/c1-9-15(14(19)8-17-11-4-5-11)12-7-10(16)3-6-13(12)18(9)2/h3,6-7,11,17H,4-5,8H2,1-2H3. The van der Waals surface area contributed by atoms with Crippen molar-refractivity contribution in [2.75, 3.05) is 6.54 Å². The van der Waals surface area contributed by atoms with Crippen LogP contribution in [0.4, 0.5) is 0 Å². The third-order valence-electron chi connectivity index (χ3n) is 3.86. The topological polar surface area (TPSA) is 34.0 Å². The summed E-state index contributed by atoms with van der Waals surface area (Å²) in [7, 11) is 1.98. The minimum absolute atomic E-state index is 0.150. The molecule has 2 aromatic rings. The van der Waals surface area contributed by atoms with E-state index in [2.05, 4.69) is 9.88 Å². The van der Waals surface area contributed by atoms with Crippen molar-refractivity contribution in [2.45, 2.75) is 25.8 Å². The van der Waals surface area contributed by atoms with Gasteiger partial charge in [0.05, 0.1) is 6.54 Å². The second kappa shape index (κ2) is 4.66. The van der Waals surface area contributed by atoms with Crippen molar-refractivity contribution in [1.82, 2.24) is 9.88 Å². The maximum absolute atomic E-state index is 12.4. The number of fused-ring (bicyclic) bond motifs is 1. The number of hydrogen-bond acceptors (Lipinski definition) is 2. The molecule has 0 saturated heterocycles. The summed E-state index contributed by atoms with van der Waals surface area (Å²) >= 11 is 6.06. The van der Waals surface area contributed by atoms with Crippen LogP contribution < -0.4 is 5.32 Å². The third kappa shape index (κ3) is 2.28. The summed E-state index contributed by atoms with van der Waals surface area (Å²) in [5, 5.41) is 4.90. The Labute approximate surface area is 117 Å². The molecular formula is C15H17ClN2O. The lowest BCUT2D eigenvalue weighted by molar-refractivity contribution is 0.0991. The molecule has 100 valence electrons. The number of aryl methyl sites for hydroxylation is 1. The minimum atomic E-state index is 0.150. The lowest BCUT2D eigenvalue weighted by Crippen LogP contribution is -2.25. The summed E-state index contributed by atoms with van der Waals surface area (Å²) in [4.78, 5) is 12.4. The van der Waals surface area contributed by atoms with E-state index in [0.29, 0.717) is 17.6 Å². The molecule has 1 saturated carbocycles. The fourth-order valence-electron chi connectivity index (χ4n) is 2.51. The van der Waals surface area contributed by atoms with Gasteiger partial charge >= 0.3 is 0 Å². The first-order valence-corrected chi connectivity index (χ1v) is 6.97. The molecule has 3 rings (SSSR count). The van der Waals surface area contributed by atoms with Gasteiger partial charge in [-0.15, -0.1) is 0 Å². The van der Waals surface area contributed by atoms with Crippen LogP contribution in [0.1, 0.15) is 28.9 Å². The molecule has 0 radical (unpaired) electrons. The van der Waals surface area contributed by atoms with Crippen LogP contribution in [-0.2, 0) is 7.05 Å². The first-order valence-electron chi connectivity index (χ1n) is 6.59. The highest BCUT2D eigenvalue weighted by Gasteiger charge is 2.23. The summed E-state index contributed by atoms with van der Waals surface area (Å²) in [6.45, 7) is 2.40. The predicted octanol–water partition coefficient (Wildman–Crippen LogP) is 3.07. The molecule has 0 amide bonds. The second-order valence-corrected chi connectivity index (χ2v) is 5.70. The van der Waals surface area contributed by atoms with Crippen LogP contribution in [0.5, 0.6) is 0 Å². The number of rotatable bonds is 4. The molecule has 1 heterocycles. The van der Waals surface area contributed by atoms with Crippen molar-refractivity contribution < 1.29 is 4.79 Å². The molecule has 3 nitrogen and oxygen atoms in total. The Hall–Kier alpha value is -1.32. The van der Waals surface area contributed by atoms with Gasteiger partial charge in [-0.2, -0.15) is 0 Å². The predicted molar refractivity (Wildman–Crippen MR) is 78.0 cm³/mol. The Morgan fingerprint density at radius 1 is 1.47 bits per heavy atom. The number of Topliss-reactive ketones (excluding diaryl/α,β-unsaturated/α-hetero) is 1. The summed E-state index contributed by atoms with van der Waals surface area (Å²) in [6, 6.07) is 6.26. The fourth-order valence-corrected chi connectivity index (χ4v) is 2.68. The molecular weight excluding hydrogens is 260 g/mol. The maximum atomic E-state index is 12.4. The van der Waals surface area contributed by atoms with Crippen molar-refractivity contribution in [1.29, 1.82) is 0 Å². The van der Waals surface area contributed by atoms with Crippen LogP contribution in [-0.4, -0.2) is 22.9 Å². The molecule has 0 aliphatic heterocycles. The Bertz CT molecular complexity index is 656. The lowest BCUT2D eigenvalue weighted by Gasteiger charge is -2.03. The number of nitrogens with zero attached hydrogens (tertiary/aromatic N) is 1. The van der Waals surface area contributed by atoms with Crippen molar-refractivity contribution in [3.8, 4) is 0 Å². The number of carbonyl (C=O) groups is 1. The normalized spacial score (nSPS) is 15.1. The van der Waals surface area contributed by atoms with Crippen molar-refractivity contribution in [3.63, 3.8) is 0 Å². The zero-order chi connectivity index (χ0) is 13.6. The van der Waals surface area contributed by atoms with E-state index < -0.39 is 0 Å². The fraction of sp³-hybridized carbons (Fsp3) is 0.400. The number of benzene rings is 1. The summed E-state index contributed by atoms with van der Waals surface area (Å²) < 4.78 is 2.05. The van der Waals surface area contributed by atoms with E-state index in [1.807, 2.05) is 32.2 Å². The van der Waals surface area contributed by atoms with Crippen LogP contribution in [0.3, 0.4) is 0 Å². The number of halogens is 1. The molecule has 4 heteroatoms. The SMILES string of the molecule is Cc1c(C(=O)CNC2CC2)c2cc(Cl)ccc2n1C. The lowest BCUT2D eigenvalue weighted by atomic mass is 10.1. The van der Waals surface area contributed by atoms with Crippen molar-refractivity contribution >= 4 is 28.3 Å². The molecule has 0 unspecified atom stereocenters. The molecule has 0 spiro atoms. The molecule has 19 heavy (non-hydrogen) atoms. The summed E-state index contributed by atoms with van der Waals surface area (Å²) in [5.74, 6) is 0.150. The zero-order valence-electron chi connectivity index (χ0n) is 11.2. The average Bonchev–Trinajstić information content (AvgIpc) is 3.16. The summed E-state index contributed by atoms with van der Waals surface area (Å²) in [6.07, 6.45) is 2.38. The van der Waals surface area contributed by atoms with E-state index in [0.717, 1.165) is 22.2 Å². The van der Waals surface area contributed by atoms with Crippen molar-refractivity contribution in [3.05, 3.63) is 34.5 Å². The Balaban J connectivity index is 2.02. The molecule has 1 aromatic heterocycles. The van der Waals surface area contributed by atoms with Gasteiger partial charge in [0.2, 0.25) is 0 Å². The van der Waals surface area contributed by atoms with Crippen LogP contribution >= 0.6 is 11.6 Å².